The van der Waals surface area contributed by atoms with Crippen LogP contribution in [0.2, 0.25) is 0 Å². The minimum absolute atomic E-state index is 0.0166. The van der Waals surface area contributed by atoms with E-state index in [4.69, 9.17) is 0 Å². The third-order valence-electron chi connectivity index (χ3n) is 2.40. The maximum Gasteiger partial charge on any atom is 0.233 e. The largest absolute Gasteiger partial charge is 0.355 e. The average molecular weight is 303 g/mol. The number of amides is 1. The van der Waals surface area contributed by atoms with E-state index in [-0.39, 0.29) is 5.91 Å². The summed E-state index contributed by atoms with van der Waals surface area (Å²) in [5.74, 6) is 0.0166. The van der Waals surface area contributed by atoms with Gasteiger partial charge in [0.15, 0.2) is 0 Å². The topological polar surface area (TPSA) is 59.0 Å². The van der Waals surface area contributed by atoms with Crippen LogP contribution in [0.4, 0.5) is 0 Å². The number of carbonyl (C=O) groups excluding carboxylic acids is 1. The van der Waals surface area contributed by atoms with Gasteiger partial charge in [0, 0.05) is 19.6 Å². The molecule has 0 aliphatic rings. The lowest BCUT2D eigenvalue weighted by atomic mass is 10.3. The van der Waals surface area contributed by atoms with E-state index in [0.29, 0.717) is 19.6 Å². The van der Waals surface area contributed by atoms with Crippen molar-refractivity contribution in [1.82, 2.24) is 20.4 Å². The highest BCUT2D eigenvalue weighted by atomic mass is 79.9. The van der Waals surface area contributed by atoms with Crippen LogP contribution < -0.4 is 10.6 Å². The molecule has 0 fully saturated rings. The van der Waals surface area contributed by atoms with Crippen molar-refractivity contribution in [3.8, 4) is 0 Å². The van der Waals surface area contributed by atoms with Crippen molar-refractivity contribution in [2.45, 2.75) is 33.9 Å². The number of hydrogen-bond acceptors (Lipinski definition) is 3. The summed E-state index contributed by atoms with van der Waals surface area (Å²) in [6.45, 7) is 8.36. The van der Waals surface area contributed by atoms with Crippen LogP contribution in [0.3, 0.4) is 0 Å². The molecule has 1 heterocycles. The van der Waals surface area contributed by atoms with E-state index >= 15 is 0 Å². The number of aromatic nitrogens is 2. The number of carbonyl (C=O) groups is 1. The Morgan fingerprint density at radius 2 is 2.18 bits per heavy atom. The minimum atomic E-state index is 0.0166. The van der Waals surface area contributed by atoms with E-state index < -0.39 is 0 Å². The number of nitrogens with one attached hydrogen (secondary N) is 2. The molecule has 0 spiro atoms. The van der Waals surface area contributed by atoms with Crippen molar-refractivity contribution in [2.24, 2.45) is 0 Å². The lowest BCUT2D eigenvalue weighted by molar-refractivity contribution is -0.120. The highest BCUT2D eigenvalue weighted by Gasteiger charge is 2.11. The molecule has 0 aliphatic heterocycles. The van der Waals surface area contributed by atoms with Gasteiger partial charge in [-0.05, 0) is 36.7 Å². The fourth-order valence-electron chi connectivity index (χ4n) is 1.59. The summed E-state index contributed by atoms with van der Waals surface area (Å²) in [6.07, 6.45) is 0. The molecule has 0 aromatic carbocycles. The zero-order valence-electron chi connectivity index (χ0n) is 10.5. The summed E-state index contributed by atoms with van der Waals surface area (Å²) < 4.78 is 2.95. The molecule has 5 nitrogen and oxygen atoms in total. The lowest BCUT2D eigenvalue weighted by Crippen LogP contribution is -2.33. The first-order chi connectivity index (χ1) is 8.10. The van der Waals surface area contributed by atoms with E-state index in [1.54, 1.807) is 0 Å². The second-order valence-electron chi connectivity index (χ2n) is 3.72. The molecule has 0 aliphatic carbocycles. The van der Waals surface area contributed by atoms with E-state index in [1.165, 1.54) is 0 Å². The number of likely N-dealkylation sites (N-methyl/N-ethyl adjacent to an activating group) is 1. The third kappa shape index (κ3) is 3.81. The van der Waals surface area contributed by atoms with E-state index in [1.807, 2.05) is 25.5 Å². The van der Waals surface area contributed by atoms with Crippen molar-refractivity contribution in [2.75, 3.05) is 13.1 Å². The summed E-state index contributed by atoms with van der Waals surface area (Å²) in [5, 5.41) is 10.2. The molecule has 6 heteroatoms. The molecule has 0 saturated carbocycles. The zero-order valence-corrected chi connectivity index (χ0v) is 12.1. The van der Waals surface area contributed by atoms with Gasteiger partial charge in [-0.15, -0.1) is 0 Å². The van der Waals surface area contributed by atoms with Crippen LogP contribution in [-0.4, -0.2) is 28.8 Å². The number of hydrogen-bond donors (Lipinski definition) is 2. The molecule has 1 amide bonds. The molecule has 0 radical (unpaired) electrons. The van der Waals surface area contributed by atoms with Crippen molar-refractivity contribution >= 4 is 21.8 Å². The Hall–Kier alpha value is -0.880. The fraction of sp³-hybridized carbons (Fsp3) is 0.636. The fourth-order valence-corrected chi connectivity index (χ4v) is 2.02. The molecular weight excluding hydrogens is 284 g/mol. The number of rotatable bonds is 6. The molecule has 96 valence electrons. The van der Waals surface area contributed by atoms with Gasteiger partial charge in [0.05, 0.1) is 22.4 Å². The van der Waals surface area contributed by atoms with Gasteiger partial charge in [0.25, 0.3) is 0 Å². The highest BCUT2D eigenvalue weighted by molar-refractivity contribution is 9.10. The summed E-state index contributed by atoms with van der Waals surface area (Å²) in [7, 11) is 0. The van der Waals surface area contributed by atoms with Crippen molar-refractivity contribution in [1.29, 1.82) is 0 Å². The van der Waals surface area contributed by atoms with Crippen LogP contribution in [0.25, 0.3) is 0 Å². The van der Waals surface area contributed by atoms with Gasteiger partial charge in [-0.25, -0.2) is 0 Å². The molecule has 1 rings (SSSR count). The van der Waals surface area contributed by atoms with Gasteiger partial charge >= 0.3 is 0 Å². The summed E-state index contributed by atoms with van der Waals surface area (Å²) in [4.78, 5) is 11.3. The predicted molar refractivity (Wildman–Crippen MR) is 70.7 cm³/mol. The standard InChI is InChI=1S/C11H19BrN4O/c1-4-14-10(17)7-13-6-9-11(12)8(3)15-16(9)5-2/h13H,4-7H2,1-3H3,(H,14,17). The summed E-state index contributed by atoms with van der Waals surface area (Å²) in [5.41, 5.74) is 2.05. The molecule has 2 N–H and O–H groups in total. The SMILES string of the molecule is CCNC(=O)CNCc1c(Br)c(C)nn1CC. The number of halogens is 1. The Balaban J connectivity index is 2.54. The third-order valence-corrected chi connectivity index (χ3v) is 3.44. The minimum Gasteiger partial charge on any atom is -0.355 e. The Bertz CT molecular complexity index is 389. The van der Waals surface area contributed by atoms with Gasteiger partial charge < -0.3 is 10.6 Å². The second kappa shape index (κ2) is 6.76. The van der Waals surface area contributed by atoms with Crippen LogP contribution in [0.1, 0.15) is 25.2 Å². The van der Waals surface area contributed by atoms with Gasteiger partial charge in [-0.2, -0.15) is 5.10 Å². The lowest BCUT2D eigenvalue weighted by Gasteiger charge is -2.07. The van der Waals surface area contributed by atoms with Crippen LogP contribution in [0.15, 0.2) is 4.47 Å². The molecule has 0 atom stereocenters. The van der Waals surface area contributed by atoms with Crippen LogP contribution >= 0.6 is 15.9 Å². The maximum atomic E-state index is 11.3. The molecular formula is C11H19BrN4O. The van der Waals surface area contributed by atoms with E-state index in [2.05, 4.69) is 31.7 Å². The molecule has 0 unspecified atom stereocenters. The Labute approximate surface area is 110 Å². The Kier molecular flexibility index (Phi) is 5.64. The van der Waals surface area contributed by atoms with Crippen LogP contribution in [0, 0.1) is 6.92 Å². The predicted octanol–water partition coefficient (Wildman–Crippen LogP) is 1.20. The molecule has 1 aromatic rings. The van der Waals surface area contributed by atoms with Gasteiger partial charge in [-0.3, -0.25) is 9.48 Å². The van der Waals surface area contributed by atoms with Crippen molar-refractivity contribution in [3.05, 3.63) is 15.9 Å². The van der Waals surface area contributed by atoms with Crippen molar-refractivity contribution < 1.29 is 4.79 Å². The number of aryl methyl sites for hydroxylation is 2. The van der Waals surface area contributed by atoms with Gasteiger partial charge in [0.2, 0.25) is 5.91 Å². The van der Waals surface area contributed by atoms with Gasteiger partial charge in [-0.1, -0.05) is 0 Å². The molecule has 0 saturated heterocycles. The number of nitrogens with zero attached hydrogens (tertiary/aromatic N) is 2. The molecule has 0 bridgehead atoms. The van der Waals surface area contributed by atoms with Crippen LogP contribution in [0.5, 0.6) is 0 Å². The smallest absolute Gasteiger partial charge is 0.233 e. The normalized spacial score (nSPS) is 10.6. The quantitative estimate of drug-likeness (QED) is 0.830. The first-order valence-corrected chi connectivity index (χ1v) is 6.58. The van der Waals surface area contributed by atoms with Gasteiger partial charge in [0.1, 0.15) is 0 Å². The summed E-state index contributed by atoms with van der Waals surface area (Å²) >= 11 is 3.52. The van der Waals surface area contributed by atoms with Crippen molar-refractivity contribution in [3.63, 3.8) is 0 Å². The Morgan fingerprint density at radius 3 is 2.76 bits per heavy atom. The zero-order chi connectivity index (χ0) is 12.8. The average Bonchev–Trinajstić information content (AvgIpc) is 2.57. The van der Waals surface area contributed by atoms with E-state index in [9.17, 15) is 4.79 Å². The highest BCUT2D eigenvalue weighted by Crippen LogP contribution is 2.20. The monoisotopic (exact) mass is 302 g/mol. The maximum absolute atomic E-state index is 11.3. The molecule has 1 aromatic heterocycles. The molecule has 17 heavy (non-hydrogen) atoms. The first-order valence-electron chi connectivity index (χ1n) is 5.79. The van der Waals surface area contributed by atoms with E-state index in [0.717, 1.165) is 22.4 Å². The van der Waals surface area contributed by atoms with Crippen LogP contribution in [-0.2, 0) is 17.9 Å². The Morgan fingerprint density at radius 1 is 1.47 bits per heavy atom. The first kappa shape index (κ1) is 14.2. The second-order valence-corrected chi connectivity index (χ2v) is 4.51. The summed E-state index contributed by atoms with van der Waals surface area (Å²) in [6, 6.07) is 0.